The number of anilines is 1. The average Bonchev–Trinajstić information content (AvgIpc) is 2.75. The summed E-state index contributed by atoms with van der Waals surface area (Å²) in [5.74, 6) is -0.481. The molecule has 29 heavy (non-hydrogen) atoms. The van der Waals surface area contributed by atoms with Crippen LogP contribution in [-0.4, -0.2) is 36.7 Å². The molecule has 0 radical (unpaired) electrons. The molecule has 4 rings (SSSR count). The Morgan fingerprint density at radius 1 is 0.759 bits per heavy atom. The fraction of sp³-hybridized carbons (Fsp3) is 0.182. The van der Waals surface area contributed by atoms with Gasteiger partial charge in [-0.15, -0.1) is 0 Å². The van der Waals surface area contributed by atoms with Crippen LogP contribution in [0.5, 0.6) is 0 Å². The summed E-state index contributed by atoms with van der Waals surface area (Å²) >= 11 is 0. The van der Waals surface area contributed by atoms with Crippen LogP contribution in [0.4, 0.5) is 5.69 Å². The zero-order valence-electron chi connectivity index (χ0n) is 15.8. The smallest absolute Gasteiger partial charge is 0.268 e. The summed E-state index contributed by atoms with van der Waals surface area (Å²) in [4.78, 5) is 17.3. The van der Waals surface area contributed by atoms with Crippen molar-refractivity contribution in [3.05, 3.63) is 95.8 Å². The van der Waals surface area contributed by atoms with Gasteiger partial charge >= 0.3 is 10.2 Å². The first kappa shape index (κ1) is 19.1. The van der Waals surface area contributed by atoms with Gasteiger partial charge in [0.05, 0.1) is 11.3 Å². The number of aromatic nitrogens is 1. The Balaban J connectivity index is 1.64. The molecule has 0 N–H and O–H groups in total. The van der Waals surface area contributed by atoms with Crippen LogP contribution in [0.2, 0.25) is 0 Å². The molecule has 2 heterocycles. The number of pyridine rings is 1. The van der Waals surface area contributed by atoms with Crippen molar-refractivity contribution in [1.29, 1.82) is 0 Å². The molecular weight excluding hydrogens is 386 g/mol. The average molecular weight is 407 g/mol. The number of amides is 1. The standard InChI is InChI=1S/C22H21N3O3S/c26-22-20-11-4-5-12-21(20)24(17-14-19-10-6-7-15-23-19)29(27,28)25(22)16-13-18-8-2-1-3-9-18/h1-12,15H,13-14,16-17H2. The molecule has 0 atom stereocenters. The van der Waals surface area contributed by atoms with Gasteiger partial charge in [0, 0.05) is 31.4 Å². The van der Waals surface area contributed by atoms with Crippen molar-refractivity contribution in [3.63, 3.8) is 0 Å². The van der Waals surface area contributed by atoms with Gasteiger partial charge in [0.25, 0.3) is 5.91 Å². The Hall–Kier alpha value is -3.19. The molecule has 0 fully saturated rings. The molecule has 0 aliphatic carbocycles. The van der Waals surface area contributed by atoms with Gasteiger partial charge in [-0.05, 0) is 36.2 Å². The lowest BCUT2D eigenvalue weighted by atomic mass is 10.1. The first-order valence-electron chi connectivity index (χ1n) is 9.45. The second kappa shape index (κ2) is 8.05. The number of hydrogen-bond donors (Lipinski definition) is 0. The van der Waals surface area contributed by atoms with Crippen molar-refractivity contribution in [1.82, 2.24) is 9.29 Å². The summed E-state index contributed by atoms with van der Waals surface area (Å²) in [7, 11) is -3.98. The van der Waals surface area contributed by atoms with E-state index >= 15 is 0 Å². The van der Waals surface area contributed by atoms with Gasteiger partial charge in [0.1, 0.15) is 0 Å². The molecule has 7 heteroatoms. The van der Waals surface area contributed by atoms with Crippen molar-refractivity contribution in [2.75, 3.05) is 17.4 Å². The Morgan fingerprint density at radius 3 is 2.21 bits per heavy atom. The number of nitrogens with zero attached hydrogens (tertiary/aromatic N) is 3. The number of carbonyl (C=O) groups excluding carboxylic acids is 1. The quantitative estimate of drug-likeness (QED) is 0.630. The van der Waals surface area contributed by atoms with E-state index in [1.54, 1.807) is 30.5 Å². The zero-order valence-corrected chi connectivity index (χ0v) is 16.6. The van der Waals surface area contributed by atoms with E-state index in [1.165, 1.54) is 4.31 Å². The predicted molar refractivity (Wildman–Crippen MR) is 112 cm³/mol. The van der Waals surface area contributed by atoms with Crippen LogP contribution >= 0.6 is 0 Å². The van der Waals surface area contributed by atoms with Gasteiger partial charge in [-0.25, -0.2) is 4.31 Å². The van der Waals surface area contributed by atoms with Crippen LogP contribution in [0.25, 0.3) is 0 Å². The van der Waals surface area contributed by atoms with E-state index in [9.17, 15) is 13.2 Å². The summed E-state index contributed by atoms with van der Waals surface area (Å²) in [5, 5.41) is 0. The third-order valence-electron chi connectivity index (χ3n) is 4.93. The Kier molecular flexibility index (Phi) is 5.31. The van der Waals surface area contributed by atoms with Crippen molar-refractivity contribution in [2.45, 2.75) is 12.8 Å². The van der Waals surface area contributed by atoms with E-state index in [2.05, 4.69) is 4.98 Å². The highest BCUT2D eigenvalue weighted by molar-refractivity contribution is 7.91. The van der Waals surface area contributed by atoms with Gasteiger partial charge in [0.15, 0.2) is 0 Å². The molecule has 0 spiro atoms. The second-order valence-corrected chi connectivity index (χ2v) is 8.56. The number of hydrogen-bond acceptors (Lipinski definition) is 4. The van der Waals surface area contributed by atoms with Gasteiger partial charge in [0.2, 0.25) is 0 Å². The van der Waals surface area contributed by atoms with Crippen LogP contribution in [0.15, 0.2) is 79.0 Å². The molecule has 0 saturated carbocycles. The normalized spacial score (nSPS) is 15.2. The zero-order chi connectivity index (χ0) is 20.3. The molecular formula is C22H21N3O3S. The summed E-state index contributed by atoms with van der Waals surface area (Å²) in [6.45, 7) is 0.311. The highest BCUT2D eigenvalue weighted by Crippen LogP contribution is 2.32. The maximum atomic E-state index is 13.3. The maximum absolute atomic E-state index is 13.3. The Morgan fingerprint density at radius 2 is 1.45 bits per heavy atom. The van der Waals surface area contributed by atoms with Crippen LogP contribution in [0.3, 0.4) is 0 Å². The first-order valence-corrected chi connectivity index (χ1v) is 10.8. The Bertz CT molecular complexity index is 1100. The molecule has 6 nitrogen and oxygen atoms in total. The molecule has 1 aliphatic rings. The van der Waals surface area contributed by atoms with E-state index in [1.807, 2.05) is 48.5 Å². The number of para-hydroxylation sites is 1. The summed E-state index contributed by atoms with van der Waals surface area (Å²) in [6, 6.07) is 22.0. The molecule has 1 aromatic heterocycles. The van der Waals surface area contributed by atoms with Gasteiger partial charge < -0.3 is 0 Å². The predicted octanol–water partition coefficient (Wildman–Crippen LogP) is 3.07. The lowest BCUT2D eigenvalue weighted by molar-refractivity contribution is 0.0858. The van der Waals surface area contributed by atoms with Crippen molar-refractivity contribution in [3.8, 4) is 0 Å². The first-order chi connectivity index (χ1) is 14.1. The van der Waals surface area contributed by atoms with E-state index < -0.39 is 16.1 Å². The fourth-order valence-electron chi connectivity index (χ4n) is 3.44. The van der Waals surface area contributed by atoms with Crippen LogP contribution < -0.4 is 4.31 Å². The lowest BCUT2D eigenvalue weighted by Crippen LogP contribution is -2.52. The Labute approximate surface area is 170 Å². The van der Waals surface area contributed by atoms with Crippen LogP contribution in [0.1, 0.15) is 21.6 Å². The van der Waals surface area contributed by atoms with Gasteiger partial charge in [-0.1, -0.05) is 48.5 Å². The molecule has 3 aromatic rings. The largest absolute Gasteiger partial charge is 0.328 e. The minimum absolute atomic E-state index is 0.0968. The summed E-state index contributed by atoms with van der Waals surface area (Å²) in [5.41, 5.74) is 2.60. The van der Waals surface area contributed by atoms with E-state index in [-0.39, 0.29) is 13.1 Å². The minimum atomic E-state index is -3.98. The number of carbonyl (C=O) groups is 1. The third kappa shape index (κ3) is 3.86. The number of benzene rings is 2. The summed E-state index contributed by atoms with van der Waals surface area (Å²) in [6.07, 6.45) is 2.60. The minimum Gasteiger partial charge on any atom is -0.268 e. The second-order valence-electron chi connectivity index (χ2n) is 6.78. The van der Waals surface area contributed by atoms with Crippen LogP contribution in [0, 0.1) is 0 Å². The van der Waals surface area contributed by atoms with Gasteiger partial charge in [-0.3, -0.25) is 14.1 Å². The monoisotopic (exact) mass is 407 g/mol. The third-order valence-corrected chi connectivity index (χ3v) is 6.77. The van der Waals surface area contributed by atoms with E-state index in [0.717, 1.165) is 15.6 Å². The van der Waals surface area contributed by atoms with E-state index in [4.69, 9.17) is 0 Å². The van der Waals surface area contributed by atoms with E-state index in [0.29, 0.717) is 24.1 Å². The lowest BCUT2D eigenvalue weighted by Gasteiger charge is -2.37. The highest BCUT2D eigenvalue weighted by atomic mass is 32.2. The molecule has 1 aliphatic heterocycles. The molecule has 1 amide bonds. The maximum Gasteiger partial charge on any atom is 0.328 e. The fourth-order valence-corrected chi connectivity index (χ4v) is 5.04. The molecule has 0 bridgehead atoms. The molecule has 0 saturated heterocycles. The van der Waals surface area contributed by atoms with Crippen molar-refractivity contribution >= 4 is 21.8 Å². The topological polar surface area (TPSA) is 70.6 Å². The van der Waals surface area contributed by atoms with Crippen molar-refractivity contribution in [2.24, 2.45) is 0 Å². The molecule has 0 unspecified atom stereocenters. The number of fused-ring (bicyclic) bond motifs is 1. The molecule has 2 aromatic carbocycles. The van der Waals surface area contributed by atoms with Gasteiger partial charge in [-0.2, -0.15) is 8.42 Å². The van der Waals surface area contributed by atoms with Crippen molar-refractivity contribution < 1.29 is 13.2 Å². The number of rotatable bonds is 6. The summed E-state index contributed by atoms with van der Waals surface area (Å²) < 4.78 is 29.0. The SMILES string of the molecule is O=C1c2ccccc2N(CCc2ccccn2)S(=O)(=O)N1CCc1ccccc1. The molecule has 148 valence electrons. The highest BCUT2D eigenvalue weighted by Gasteiger charge is 2.41. The van der Waals surface area contributed by atoms with Crippen LogP contribution in [-0.2, 0) is 23.1 Å².